The van der Waals surface area contributed by atoms with E-state index in [1.165, 1.54) is 12.5 Å². The summed E-state index contributed by atoms with van der Waals surface area (Å²) in [7, 11) is 0. The second-order valence-electron chi connectivity index (χ2n) is 4.38. The minimum atomic E-state index is -4.45. The van der Waals surface area contributed by atoms with Crippen LogP contribution in [0.25, 0.3) is 0 Å². The van der Waals surface area contributed by atoms with Gasteiger partial charge in [-0.05, 0) is 41.1 Å². The second-order valence-corrected chi connectivity index (χ2v) is 5.29. The lowest BCUT2D eigenvalue weighted by Crippen LogP contribution is -2.21. The molecule has 108 valence electrons. The maximum absolute atomic E-state index is 12.9. The Labute approximate surface area is 122 Å². The van der Waals surface area contributed by atoms with Gasteiger partial charge in [0, 0.05) is 23.1 Å². The number of alkyl halides is 3. The molecule has 3 nitrogen and oxygen atoms in total. The van der Waals surface area contributed by atoms with Crippen LogP contribution in [-0.2, 0) is 12.6 Å². The van der Waals surface area contributed by atoms with Crippen LogP contribution in [0.3, 0.4) is 0 Å². The Hall–Kier alpha value is -1.50. The molecule has 2 aromatic heterocycles. The molecule has 0 bridgehead atoms. The molecule has 0 amide bonds. The molecule has 2 aromatic rings. The predicted molar refractivity (Wildman–Crippen MR) is 72.4 cm³/mol. The molecule has 0 spiro atoms. The first-order chi connectivity index (χ1) is 9.36. The molecule has 0 saturated carbocycles. The summed E-state index contributed by atoms with van der Waals surface area (Å²) < 4.78 is 44.3. The second kappa shape index (κ2) is 5.87. The van der Waals surface area contributed by atoms with Crippen LogP contribution in [0.2, 0.25) is 0 Å². The van der Waals surface area contributed by atoms with Crippen LogP contribution in [-0.4, -0.2) is 11.0 Å². The predicted octanol–water partition coefficient (Wildman–Crippen LogP) is 4.50. The monoisotopic (exact) mass is 348 g/mol. The summed E-state index contributed by atoms with van der Waals surface area (Å²) in [5, 5.41) is 2.77. The number of hydrogen-bond donors (Lipinski definition) is 1. The molecule has 1 atom stereocenters. The Bertz CT molecular complexity index is 569. The minimum absolute atomic E-state index is 0.181. The van der Waals surface area contributed by atoms with Crippen molar-refractivity contribution >= 4 is 21.7 Å². The van der Waals surface area contributed by atoms with Crippen molar-refractivity contribution in [2.24, 2.45) is 0 Å². The molecule has 1 N–H and O–H groups in total. The van der Waals surface area contributed by atoms with Gasteiger partial charge < -0.3 is 9.73 Å². The van der Waals surface area contributed by atoms with E-state index in [2.05, 4.69) is 26.2 Å². The Morgan fingerprint density at radius 2 is 2.20 bits per heavy atom. The zero-order valence-corrected chi connectivity index (χ0v) is 12.1. The standard InChI is InChI=1S/C13H12BrF3N2O/c1-8(5-10-3-2-4-20-10)19-12-11(13(15,16)17)6-9(14)7-18-12/h2-4,6-8H,5H2,1H3,(H,18,19). The number of hydrogen-bond acceptors (Lipinski definition) is 3. The maximum Gasteiger partial charge on any atom is 0.419 e. The third kappa shape index (κ3) is 3.75. The SMILES string of the molecule is CC(Cc1ccco1)Nc1ncc(Br)cc1C(F)(F)F. The molecule has 0 aliphatic carbocycles. The van der Waals surface area contributed by atoms with E-state index < -0.39 is 11.7 Å². The molecular weight excluding hydrogens is 337 g/mol. The van der Waals surface area contributed by atoms with Crippen LogP contribution in [0.5, 0.6) is 0 Å². The van der Waals surface area contributed by atoms with Gasteiger partial charge in [-0.15, -0.1) is 0 Å². The van der Waals surface area contributed by atoms with Crippen molar-refractivity contribution in [1.82, 2.24) is 4.98 Å². The van der Waals surface area contributed by atoms with Crippen molar-refractivity contribution in [2.45, 2.75) is 25.6 Å². The summed E-state index contributed by atoms with van der Waals surface area (Å²) in [6.45, 7) is 1.77. The van der Waals surface area contributed by atoms with Gasteiger partial charge in [0.2, 0.25) is 0 Å². The quantitative estimate of drug-likeness (QED) is 0.883. The van der Waals surface area contributed by atoms with E-state index in [-0.39, 0.29) is 16.3 Å². The van der Waals surface area contributed by atoms with E-state index >= 15 is 0 Å². The first-order valence-corrected chi connectivity index (χ1v) is 6.67. The van der Waals surface area contributed by atoms with Crippen LogP contribution in [0.1, 0.15) is 18.2 Å². The highest BCUT2D eigenvalue weighted by Crippen LogP contribution is 2.35. The van der Waals surface area contributed by atoms with Crippen molar-refractivity contribution in [3.63, 3.8) is 0 Å². The highest BCUT2D eigenvalue weighted by Gasteiger charge is 2.35. The molecule has 0 aliphatic rings. The van der Waals surface area contributed by atoms with Crippen molar-refractivity contribution in [1.29, 1.82) is 0 Å². The zero-order valence-electron chi connectivity index (χ0n) is 10.5. The summed E-state index contributed by atoms with van der Waals surface area (Å²) >= 11 is 3.00. The number of nitrogens with one attached hydrogen (secondary N) is 1. The van der Waals surface area contributed by atoms with E-state index in [0.717, 1.165) is 6.07 Å². The molecule has 0 aromatic carbocycles. The van der Waals surface area contributed by atoms with Crippen LogP contribution in [0, 0.1) is 0 Å². The fourth-order valence-electron chi connectivity index (χ4n) is 1.79. The molecule has 0 radical (unpaired) electrons. The number of rotatable bonds is 4. The van der Waals surface area contributed by atoms with Crippen molar-refractivity contribution in [3.8, 4) is 0 Å². The average Bonchev–Trinajstić information content (AvgIpc) is 2.82. The Balaban J connectivity index is 2.16. The summed E-state index contributed by atoms with van der Waals surface area (Å²) in [5.41, 5.74) is -0.793. The molecule has 0 aliphatic heterocycles. The number of furan rings is 1. The van der Waals surface area contributed by atoms with Gasteiger partial charge in [-0.3, -0.25) is 0 Å². The molecule has 20 heavy (non-hydrogen) atoms. The van der Waals surface area contributed by atoms with Crippen LogP contribution in [0.15, 0.2) is 39.5 Å². The molecule has 0 saturated heterocycles. The van der Waals surface area contributed by atoms with Gasteiger partial charge in [-0.1, -0.05) is 0 Å². The Kier molecular flexibility index (Phi) is 4.37. The van der Waals surface area contributed by atoms with Crippen molar-refractivity contribution < 1.29 is 17.6 Å². The third-order valence-corrected chi connectivity index (χ3v) is 3.06. The normalized spacial score (nSPS) is 13.2. The van der Waals surface area contributed by atoms with Crippen molar-refractivity contribution in [2.75, 3.05) is 5.32 Å². The van der Waals surface area contributed by atoms with E-state index in [0.29, 0.717) is 12.2 Å². The van der Waals surface area contributed by atoms with Gasteiger partial charge in [0.1, 0.15) is 11.6 Å². The fraction of sp³-hybridized carbons (Fsp3) is 0.308. The highest BCUT2D eigenvalue weighted by atomic mass is 79.9. The number of halogens is 4. The first kappa shape index (κ1) is 14.9. The molecular formula is C13H12BrF3N2O. The van der Waals surface area contributed by atoms with E-state index in [1.807, 2.05) is 0 Å². The Morgan fingerprint density at radius 1 is 1.45 bits per heavy atom. The fourth-order valence-corrected chi connectivity index (χ4v) is 2.12. The minimum Gasteiger partial charge on any atom is -0.469 e. The topological polar surface area (TPSA) is 38.1 Å². The number of aromatic nitrogens is 1. The molecule has 1 unspecified atom stereocenters. The molecule has 7 heteroatoms. The first-order valence-electron chi connectivity index (χ1n) is 5.88. The summed E-state index contributed by atoms with van der Waals surface area (Å²) in [4.78, 5) is 3.81. The van der Waals surface area contributed by atoms with E-state index in [1.54, 1.807) is 19.1 Å². The van der Waals surface area contributed by atoms with Gasteiger partial charge in [-0.2, -0.15) is 13.2 Å². The number of anilines is 1. The lowest BCUT2D eigenvalue weighted by molar-refractivity contribution is -0.137. The number of pyridine rings is 1. The largest absolute Gasteiger partial charge is 0.469 e. The van der Waals surface area contributed by atoms with Crippen LogP contribution in [0.4, 0.5) is 19.0 Å². The van der Waals surface area contributed by atoms with Crippen LogP contribution < -0.4 is 5.32 Å². The number of nitrogens with zero attached hydrogens (tertiary/aromatic N) is 1. The zero-order chi connectivity index (χ0) is 14.8. The van der Waals surface area contributed by atoms with Gasteiger partial charge in [-0.25, -0.2) is 4.98 Å². The van der Waals surface area contributed by atoms with Gasteiger partial charge in [0.15, 0.2) is 0 Å². The van der Waals surface area contributed by atoms with Crippen LogP contribution >= 0.6 is 15.9 Å². The summed E-state index contributed by atoms with van der Waals surface area (Å²) in [6.07, 6.45) is -1.12. The summed E-state index contributed by atoms with van der Waals surface area (Å²) in [6, 6.07) is 4.28. The van der Waals surface area contributed by atoms with Crippen molar-refractivity contribution in [3.05, 3.63) is 46.5 Å². The van der Waals surface area contributed by atoms with E-state index in [9.17, 15) is 13.2 Å². The highest BCUT2D eigenvalue weighted by molar-refractivity contribution is 9.10. The lowest BCUT2D eigenvalue weighted by Gasteiger charge is -2.18. The molecule has 2 heterocycles. The summed E-state index contributed by atoms with van der Waals surface area (Å²) in [5.74, 6) is 0.524. The smallest absolute Gasteiger partial charge is 0.419 e. The maximum atomic E-state index is 12.9. The average molecular weight is 349 g/mol. The molecule has 2 rings (SSSR count). The third-order valence-electron chi connectivity index (χ3n) is 2.63. The van der Waals surface area contributed by atoms with Gasteiger partial charge >= 0.3 is 6.18 Å². The van der Waals surface area contributed by atoms with Gasteiger partial charge in [0.25, 0.3) is 0 Å². The van der Waals surface area contributed by atoms with Gasteiger partial charge in [0.05, 0.1) is 11.8 Å². The molecule has 0 fully saturated rings. The Morgan fingerprint density at radius 3 is 2.80 bits per heavy atom. The lowest BCUT2D eigenvalue weighted by atomic mass is 10.1. The van der Waals surface area contributed by atoms with E-state index in [4.69, 9.17) is 4.42 Å².